The number of rotatable bonds is 1. The largest absolute Gasteiger partial charge is 0.337 e. The van der Waals surface area contributed by atoms with Crippen molar-refractivity contribution in [2.45, 2.75) is 0 Å². The van der Waals surface area contributed by atoms with Crippen molar-refractivity contribution in [1.82, 2.24) is 4.90 Å². The molecule has 0 atom stereocenters. The van der Waals surface area contributed by atoms with Crippen molar-refractivity contribution in [1.29, 1.82) is 0 Å². The highest BCUT2D eigenvalue weighted by atomic mass is 35.5. The third-order valence-corrected chi connectivity index (χ3v) is 4.58. The van der Waals surface area contributed by atoms with Crippen molar-refractivity contribution in [2.75, 3.05) is 24.6 Å². The standard InChI is InChI=1S/C11H12ClNO3S/c12-10-3-1-9(2-4-10)11(14)13-5-7-17(15,16)8-6-13/h1-4H,5-8H2. The van der Waals surface area contributed by atoms with E-state index in [1.54, 1.807) is 29.2 Å². The number of benzene rings is 1. The van der Waals surface area contributed by atoms with Crippen LogP contribution in [0.5, 0.6) is 0 Å². The molecule has 0 spiro atoms. The maximum absolute atomic E-state index is 12.0. The molecule has 1 amide bonds. The van der Waals surface area contributed by atoms with Crippen molar-refractivity contribution in [3.8, 4) is 0 Å². The van der Waals surface area contributed by atoms with Gasteiger partial charge in [0.25, 0.3) is 5.91 Å². The van der Waals surface area contributed by atoms with E-state index in [0.717, 1.165) is 0 Å². The maximum atomic E-state index is 12.0. The molecule has 0 N–H and O–H groups in total. The lowest BCUT2D eigenvalue weighted by atomic mass is 10.2. The lowest BCUT2D eigenvalue weighted by molar-refractivity contribution is 0.0770. The average Bonchev–Trinajstić information content (AvgIpc) is 2.29. The van der Waals surface area contributed by atoms with Crippen LogP contribution in [0, 0.1) is 0 Å². The number of amides is 1. The molecule has 0 unspecified atom stereocenters. The van der Waals surface area contributed by atoms with Gasteiger partial charge in [0.15, 0.2) is 9.84 Å². The summed E-state index contributed by atoms with van der Waals surface area (Å²) in [6.07, 6.45) is 0. The Labute approximate surface area is 105 Å². The summed E-state index contributed by atoms with van der Waals surface area (Å²) < 4.78 is 22.5. The molecular formula is C11H12ClNO3S. The highest BCUT2D eigenvalue weighted by molar-refractivity contribution is 7.91. The summed E-state index contributed by atoms with van der Waals surface area (Å²) in [6.45, 7) is 0.535. The summed E-state index contributed by atoms with van der Waals surface area (Å²) in [4.78, 5) is 13.6. The van der Waals surface area contributed by atoms with Crippen LogP contribution in [0.3, 0.4) is 0 Å². The number of carbonyl (C=O) groups is 1. The molecule has 0 aromatic heterocycles. The second-order valence-electron chi connectivity index (χ2n) is 3.95. The van der Waals surface area contributed by atoms with Crippen LogP contribution in [-0.2, 0) is 9.84 Å². The van der Waals surface area contributed by atoms with E-state index in [4.69, 9.17) is 11.6 Å². The molecule has 2 rings (SSSR count). The third kappa shape index (κ3) is 2.98. The van der Waals surface area contributed by atoms with Crippen LogP contribution in [0.4, 0.5) is 0 Å². The molecule has 1 saturated heterocycles. The molecule has 1 aliphatic rings. The molecule has 92 valence electrons. The summed E-state index contributed by atoms with van der Waals surface area (Å²) >= 11 is 5.74. The summed E-state index contributed by atoms with van der Waals surface area (Å²) in [5.41, 5.74) is 0.536. The van der Waals surface area contributed by atoms with Gasteiger partial charge in [0.2, 0.25) is 0 Å². The molecule has 1 aromatic rings. The third-order valence-electron chi connectivity index (χ3n) is 2.72. The van der Waals surface area contributed by atoms with Crippen molar-refractivity contribution >= 4 is 27.3 Å². The Morgan fingerprint density at radius 2 is 1.65 bits per heavy atom. The van der Waals surface area contributed by atoms with Crippen LogP contribution in [-0.4, -0.2) is 43.8 Å². The highest BCUT2D eigenvalue weighted by Gasteiger charge is 2.25. The summed E-state index contributed by atoms with van der Waals surface area (Å²) in [6, 6.07) is 6.59. The van der Waals surface area contributed by atoms with Gasteiger partial charge in [-0.3, -0.25) is 4.79 Å². The Bertz CT molecular complexity index is 510. The first kappa shape index (κ1) is 12.4. The lowest BCUT2D eigenvalue weighted by Gasteiger charge is -2.26. The second kappa shape index (κ2) is 4.66. The number of hydrogen-bond donors (Lipinski definition) is 0. The fourth-order valence-corrected chi connectivity index (χ4v) is 3.02. The highest BCUT2D eigenvalue weighted by Crippen LogP contribution is 2.13. The first-order valence-corrected chi connectivity index (χ1v) is 7.43. The van der Waals surface area contributed by atoms with Crippen molar-refractivity contribution in [2.24, 2.45) is 0 Å². The molecule has 4 nitrogen and oxygen atoms in total. The molecule has 1 fully saturated rings. The van der Waals surface area contributed by atoms with Crippen LogP contribution in [0.25, 0.3) is 0 Å². The van der Waals surface area contributed by atoms with Gasteiger partial charge in [0.1, 0.15) is 0 Å². The van der Waals surface area contributed by atoms with E-state index in [9.17, 15) is 13.2 Å². The number of nitrogens with zero attached hydrogens (tertiary/aromatic N) is 1. The summed E-state index contributed by atoms with van der Waals surface area (Å²) in [5, 5.41) is 0.572. The van der Waals surface area contributed by atoms with Crippen LogP contribution in [0.15, 0.2) is 24.3 Å². The molecule has 0 bridgehead atoms. The van der Waals surface area contributed by atoms with Crippen molar-refractivity contribution in [3.63, 3.8) is 0 Å². The van der Waals surface area contributed by atoms with E-state index in [1.807, 2.05) is 0 Å². The zero-order valence-electron chi connectivity index (χ0n) is 9.10. The van der Waals surface area contributed by atoms with Crippen LogP contribution in [0.1, 0.15) is 10.4 Å². The van der Waals surface area contributed by atoms with Gasteiger partial charge >= 0.3 is 0 Å². The Kier molecular flexibility index (Phi) is 3.40. The topological polar surface area (TPSA) is 54.5 Å². The lowest BCUT2D eigenvalue weighted by Crippen LogP contribution is -2.43. The first-order valence-electron chi connectivity index (χ1n) is 5.23. The zero-order chi connectivity index (χ0) is 12.5. The van der Waals surface area contributed by atoms with Gasteiger partial charge in [-0.1, -0.05) is 11.6 Å². The van der Waals surface area contributed by atoms with Gasteiger partial charge in [0, 0.05) is 23.7 Å². The van der Waals surface area contributed by atoms with Crippen molar-refractivity contribution < 1.29 is 13.2 Å². The Hall–Kier alpha value is -1.07. The Balaban J connectivity index is 2.09. The monoisotopic (exact) mass is 273 g/mol. The van der Waals surface area contributed by atoms with E-state index in [2.05, 4.69) is 0 Å². The minimum atomic E-state index is -2.95. The van der Waals surface area contributed by atoms with E-state index in [-0.39, 0.29) is 30.5 Å². The number of sulfone groups is 1. The first-order chi connectivity index (χ1) is 7.98. The van der Waals surface area contributed by atoms with E-state index >= 15 is 0 Å². The van der Waals surface area contributed by atoms with Gasteiger partial charge in [-0.25, -0.2) is 8.42 Å². The van der Waals surface area contributed by atoms with E-state index in [1.165, 1.54) is 0 Å². The Morgan fingerprint density at radius 3 is 2.18 bits per heavy atom. The molecule has 0 saturated carbocycles. The number of carbonyl (C=O) groups excluding carboxylic acids is 1. The van der Waals surface area contributed by atoms with Crippen molar-refractivity contribution in [3.05, 3.63) is 34.9 Å². The predicted octanol–water partition coefficient (Wildman–Crippen LogP) is 1.21. The molecule has 6 heteroatoms. The van der Waals surface area contributed by atoms with Gasteiger partial charge in [-0.15, -0.1) is 0 Å². The molecular weight excluding hydrogens is 262 g/mol. The summed E-state index contributed by atoms with van der Waals surface area (Å²) in [5.74, 6) is -0.0462. The van der Waals surface area contributed by atoms with E-state index < -0.39 is 9.84 Å². The fourth-order valence-electron chi connectivity index (χ4n) is 1.69. The second-order valence-corrected chi connectivity index (χ2v) is 6.69. The average molecular weight is 274 g/mol. The van der Waals surface area contributed by atoms with Gasteiger partial charge in [0.05, 0.1) is 11.5 Å². The zero-order valence-corrected chi connectivity index (χ0v) is 10.7. The normalized spacial score (nSPS) is 19.0. The Morgan fingerprint density at radius 1 is 1.12 bits per heavy atom. The molecule has 1 aromatic carbocycles. The fraction of sp³-hybridized carbons (Fsp3) is 0.364. The molecule has 0 aliphatic carbocycles. The van der Waals surface area contributed by atoms with Crippen LogP contribution >= 0.6 is 11.6 Å². The number of halogens is 1. The predicted molar refractivity (Wildman–Crippen MR) is 66.0 cm³/mol. The van der Waals surface area contributed by atoms with Gasteiger partial charge in [-0.05, 0) is 24.3 Å². The minimum absolute atomic E-state index is 0.0479. The van der Waals surface area contributed by atoms with Gasteiger partial charge in [-0.2, -0.15) is 0 Å². The molecule has 1 heterocycles. The van der Waals surface area contributed by atoms with E-state index in [0.29, 0.717) is 10.6 Å². The summed E-state index contributed by atoms with van der Waals surface area (Å²) in [7, 11) is -2.95. The smallest absolute Gasteiger partial charge is 0.253 e. The van der Waals surface area contributed by atoms with Crippen LogP contribution < -0.4 is 0 Å². The maximum Gasteiger partial charge on any atom is 0.253 e. The minimum Gasteiger partial charge on any atom is -0.337 e. The molecule has 0 radical (unpaired) electrons. The molecule has 1 aliphatic heterocycles. The molecule has 17 heavy (non-hydrogen) atoms. The quantitative estimate of drug-likeness (QED) is 0.773. The number of hydrogen-bond acceptors (Lipinski definition) is 3. The SMILES string of the molecule is O=C(c1ccc(Cl)cc1)N1CCS(=O)(=O)CC1. The van der Waals surface area contributed by atoms with Crippen LogP contribution in [0.2, 0.25) is 5.02 Å². The van der Waals surface area contributed by atoms with Gasteiger partial charge < -0.3 is 4.90 Å².